The monoisotopic (exact) mass is 222 g/mol. The highest BCUT2D eigenvalue weighted by molar-refractivity contribution is 7.80. The Bertz CT molecular complexity index is 280. The highest BCUT2D eigenvalue weighted by atomic mass is 35.5. The highest BCUT2D eigenvalue weighted by Crippen LogP contribution is 2.12. The summed E-state index contributed by atoms with van der Waals surface area (Å²) in [5, 5.41) is 0. The van der Waals surface area contributed by atoms with Crippen molar-refractivity contribution in [3.8, 4) is 0 Å². The second-order valence-corrected chi connectivity index (χ2v) is 2.73. The Morgan fingerprint density at radius 3 is 2.08 bits per heavy atom. The lowest BCUT2D eigenvalue weighted by atomic mass is 10.3. The van der Waals surface area contributed by atoms with E-state index in [0.29, 0.717) is 5.69 Å². The van der Waals surface area contributed by atoms with Crippen molar-refractivity contribution in [1.29, 1.82) is 0 Å². The van der Waals surface area contributed by atoms with Gasteiger partial charge in [-0.2, -0.15) is 0 Å². The maximum atomic E-state index is 10.2. The fourth-order valence-electron chi connectivity index (χ4n) is 0.731. The number of nitrogen functional groups attached to an aromatic ring is 1. The molecule has 0 heterocycles. The summed E-state index contributed by atoms with van der Waals surface area (Å²) in [7, 11) is 0. The molecule has 1 rings (SSSR count). The summed E-state index contributed by atoms with van der Waals surface area (Å²) < 4.78 is 22.5. The zero-order valence-electron chi connectivity index (χ0n) is 6.52. The minimum absolute atomic E-state index is 0. The molecule has 0 aliphatic heterocycles. The zero-order valence-corrected chi connectivity index (χ0v) is 8.15. The normalized spacial score (nSPS) is 11.2. The molecule has 0 saturated carbocycles. The number of halogens is 1. The van der Waals surface area contributed by atoms with Crippen LogP contribution in [0, 0.1) is 0 Å². The van der Waals surface area contributed by atoms with Crippen molar-refractivity contribution in [3.63, 3.8) is 0 Å². The minimum Gasteiger partial charge on any atom is -0.755 e. The quantitative estimate of drug-likeness (QED) is 0.397. The third-order valence-corrected chi connectivity index (χ3v) is 1.66. The minimum atomic E-state index is -2.28. The van der Waals surface area contributed by atoms with Gasteiger partial charge in [-0.25, -0.2) is 0 Å². The molecule has 7 heteroatoms. The number of rotatable bonds is 3. The van der Waals surface area contributed by atoms with Gasteiger partial charge in [-0.05, 0) is 24.3 Å². The number of nitrogens with two attached hydrogens (primary N) is 1. The van der Waals surface area contributed by atoms with Gasteiger partial charge < -0.3 is 14.7 Å². The Morgan fingerprint density at radius 1 is 1.23 bits per heavy atom. The van der Waals surface area contributed by atoms with E-state index in [2.05, 4.69) is 10.1 Å². The van der Waals surface area contributed by atoms with Crippen molar-refractivity contribution in [3.05, 3.63) is 24.3 Å². The molecule has 4 N–H and O–H groups in total. The molecule has 0 amide bonds. The molecule has 1 aromatic rings. The molecule has 1 atom stereocenters. The van der Waals surface area contributed by atoms with E-state index in [1.807, 2.05) is 0 Å². The molecule has 1 unspecified atom stereocenters. The number of anilines is 2. The molecular formula is C6H9ClN3O2S-. The first kappa shape index (κ1) is 12.2. The number of hydrogen-bond donors (Lipinski definition) is 3. The Kier molecular flexibility index (Phi) is 5.40. The molecule has 5 nitrogen and oxygen atoms in total. The first-order chi connectivity index (χ1) is 5.72. The van der Waals surface area contributed by atoms with Gasteiger partial charge in [-0.3, -0.25) is 10.1 Å². The van der Waals surface area contributed by atoms with Crippen LogP contribution in [0.15, 0.2) is 24.3 Å². The van der Waals surface area contributed by atoms with Crippen LogP contribution in [0.2, 0.25) is 0 Å². The molecule has 0 aliphatic carbocycles. The van der Waals surface area contributed by atoms with Crippen LogP contribution in [0.1, 0.15) is 0 Å². The third-order valence-electron chi connectivity index (χ3n) is 1.25. The van der Waals surface area contributed by atoms with Gasteiger partial charge in [0.15, 0.2) is 0 Å². The average Bonchev–Trinajstić information content (AvgIpc) is 2.05. The average molecular weight is 223 g/mol. The smallest absolute Gasteiger partial charge is 0.0486 e. The van der Waals surface area contributed by atoms with Crippen LogP contribution in [0.25, 0.3) is 0 Å². The number of hydrazine groups is 1. The lowest BCUT2D eigenvalue weighted by Crippen LogP contribution is -2.07. The van der Waals surface area contributed by atoms with Crippen molar-refractivity contribution in [1.82, 2.24) is 0 Å². The number of hydrogen-bond acceptors (Lipinski definition) is 4. The van der Waals surface area contributed by atoms with E-state index >= 15 is 0 Å². The van der Waals surface area contributed by atoms with Gasteiger partial charge in [-0.15, -0.1) is 12.4 Å². The van der Waals surface area contributed by atoms with E-state index in [4.69, 9.17) is 5.84 Å². The Hall–Kier alpha value is -0.820. The first-order valence-corrected chi connectivity index (χ1v) is 4.22. The van der Waals surface area contributed by atoms with E-state index in [0.717, 1.165) is 5.69 Å². The maximum absolute atomic E-state index is 10.2. The summed E-state index contributed by atoms with van der Waals surface area (Å²) >= 11 is -2.28. The second-order valence-electron chi connectivity index (χ2n) is 2.06. The summed E-state index contributed by atoms with van der Waals surface area (Å²) in [5.74, 6) is 5.11. The predicted molar refractivity (Wildman–Crippen MR) is 54.0 cm³/mol. The predicted octanol–water partition coefficient (Wildman–Crippen LogP) is 0.600. The van der Waals surface area contributed by atoms with Gasteiger partial charge in [0, 0.05) is 22.6 Å². The lowest BCUT2D eigenvalue weighted by Gasteiger charge is -2.08. The summed E-state index contributed by atoms with van der Waals surface area (Å²) in [6.45, 7) is 0. The first-order valence-electron chi connectivity index (χ1n) is 3.15. The zero-order chi connectivity index (χ0) is 8.97. The summed E-state index contributed by atoms with van der Waals surface area (Å²) in [6, 6.07) is 6.53. The van der Waals surface area contributed by atoms with Crippen molar-refractivity contribution in [2.75, 3.05) is 10.1 Å². The summed E-state index contributed by atoms with van der Waals surface area (Å²) in [6.07, 6.45) is 0. The molecule has 0 aliphatic rings. The van der Waals surface area contributed by atoms with E-state index in [-0.39, 0.29) is 12.4 Å². The molecule has 0 saturated heterocycles. The van der Waals surface area contributed by atoms with Gasteiger partial charge in [0.05, 0.1) is 0 Å². The fourth-order valence-corrected chi connectivity index (χ4v) is 1.06. The molecule has 74 valence electrons. The van der Waals surface area contributed by atoms with Gasteiger partial charge in [0.1, 0.15) is 0 Å². The fraction of sp³-hybridized carbons (Fsp3) is 0. The largest absolute Gasteiger partial charge is 0.755 e. The molecular weight excluding hydrogens is 214 g/mol. The molecule has 0 spiro atoms. The molecule has 0 aromatic heterocycles. The van der Waals surface area contributed by atoms with Crippen LogP contribution in [0.5, 0.6) is 0 Å². The van der Waals surface area contributed by atoms with E-state index in [1.54, 1.807) is 24.3 Å². The van der Waals surface area contributed by atoms with Crippen LogP contribution < -0.4 is 16.0 Å². The van der Waals surface area contributed by atoms with Crippen LogP contribution in [-0.2, 0) is 11.3 Å². The standard InChI is InChI=1S/C6H9N3O2S.ClH/c7-8-5-1-3-6(4-2-5)9-12(10)11;/h1-4,8-9H,7H2,(H,10,11);1H/p-1. The van der Waals surface area contributed by atoms with E-state index in [1.165, 1.54) is 0 Å². The van der Waals surface area contributed by atoms with Gasteiger partial charge in [0.25, 0.3) is 0 Å². The molecule has 0 fully saturated rings. The van der Waals surface area contributed by atoms with E-state index < -0.39 is 11.3 Å². The number of nitrogens with one attached hydrogen (secondary N) is 2. The van der Waals surface area contributed by atoms with Crippen molar-refractivity contribution >= 4 is 35.0 Å². The Labute approximate surface area is 84.5 Å². The SMILES string of the molecule is Cl.NNc1ccc(NS(=O)[O-])cc1. The van der Waals surface area contributed by atoms with Crippen molar-refractivity contribution in [2.45, 2.75) is 0 Å². The van der Waals surface area contributed by atoms with Gasteiger partial charge in [-0.1, -0.05) is 0 Å². The topological polar surface area (TPSA) is 90.2 Å². The molecule has 0 radical (unpaired) electrons. The maximum Gasteiger partial charge on any atom is 0.0486 e. The van der Waals surface area contributed by atoms with Crippen LogP contribution in [0.4, 0.5) is 11.4 Å². The van der Waals surface area contributed by atoms with Crippen LogP contribution in [0.3, 0.4) is 0 Å². The summed E-state index contributed by atoms with van der Waals surface area (Å²) in [4.78, 5) is 0. The van der Waals surface area contributed by atoms with Gasteiger partial charge >= 0.3 is 0 Å². The van der Waals surface area contributed by atoms with Crippen molar-refractivity contribution in [2.24, 2.45) is 5.84 Å². The lowest BCUT2D eigenvalue weighted by molar-refractivity contribution is 0.542. The molecule has 0 bridgehead atoms. The molecule has 1 aromatic carbocycles. The number of benzene rings is 1. The van der Waals surface area contributed by atoms with E-state index in [9.17, 15) is 8.76 Å². The Balaban J connectivity index is 0.00000144. The van der Waals surface area contributed by atoms with Crippen LogP contribution >= 0.6 is 12.4 Å². The van der Waals surface area contributed by atoms with Crippen LogP contribution in [-0.4, -0.2) is 8.76 Å². The van der Waals surface area contributed by atoms with Crippen molar-refractivity contribution < 1.29 is 8.76 Å². The Morgan fingerprint density at radius 2 is 1.69 bits per heavy atom. The third kappa shape index (κ3) is 4.09. The second kappa shape index (κ2) is 5.76. The highest BCUT2D eigenvalue weighted by Gasteiger charge is 1.90. The molecule has 13 heavy (non-hydrogen) atoms. The summed E-state index contributed by atoms with van der Waals surface area (Å²) in [5.41, 5.74) is 3.65. The van der Waals surface area contributed by atoms with Gasteiger partial charge in [0.2, 0.25) is 0 Å².